The lowest BCUT2D eigenvalue weighted by atomic mass is 9.73. The molecule has 0 aromatic heterocycles. The van der Waals surface area contributed by atoms with Crippen molar-refractivity contribution in [3.05, 3.63) is 35.9 Å². The zero-order chi connectivity index (χ0) is 15.6. The molecule has 0 fully saturated rings. The molecule has 0 heterocycles. The molecule has 0 saturated carbocycles. The first-order chi connectivity index (χ1) is 10.1. The van der Waals surface area contributed by atoms with E-state index in [-0.39, 0.29) is 5.41 Å². The average molecular weight is 291 g/mol. The van der Waals surface area contributed by atoms with Crippen LogP contribution in [-0.4, -0.2) is 26.8 Å². The summed E-state index contributed by atoms with van der Waals surface area (Å²) in [6.45, 7) is 9.69. The highest BCUT2D eigenvalue weighted by Gasteiger charge is 2.29. The van der Waals surface area contributed by atoms with Crippen molar-refractivity contribution >= 4 is 0 Å². The van der Waals surface area contributed by atoms with E-state index < -0.39 is 0 Å². The summed E-state index contributed by atoms with van der Waals surface area (Å²) in [5.41, 5.74) is 1.73. The van der Waals surface area contributed by atoms with Gasteiger partial charge in [-0.1, -0.05) is 63.9 Å². The summed E-state index contributed by atoms with van der Waals surface area (Å²) in [6.07, 6.45) is 5.04. The number of hydrogen-bond acceptors (Lipinski definition) is 2. The third-order valence-electron chi connectivity index (χ3n) is 4.45. The van der Waals surface area contributed by atoms with E-state index in [2.05, 4.69) is 56.4 Å². The number of ether oxygens (including phenoxy) is 1. The fourth-order valence-corrected chi connectivity index (χ4v) is 2.98. The molecule has 0 radical (unpaired) electrons. The Balaban J connectivity index is 2.74. The van der Waals surface area contributed by atoms with Gasteiger partial charge in [-0.15, -0.1) is 0 Å². The van der Waals surface area contributed by atoms with Gasteiger partial charge in [0.05, 0.1) is 6.61 Å². The van der Waals surface area contributed by atoms with Gasteiger partial charge >= 0.3 is 0 Å². The third-order valence-corrected chi connectivity index (χ3v) is 4.45. The van der Waals surface area contributed by atoms with Crippen molar-refractivity contribution in [3.8, 4) is 0 Å². The lowest BCUT2D eigenvalue weighted by molar-refractivity contribution is 0.195. The van der Waals surface area contributed by atoms with Crippen molar-refractivity contribution in [2.45, 2.75) is 51.9 Å². The van der Waals surface area contributed by atoms with E-state index in [1.165, 1.54) is 31.2 Å². The molecule has 1 rings (SSSR count). The van der Waals surface area contributed by atoms with Crippen molar-refractivity contribution in [2.75, 3.05) is 26.8 Å². The molecule has 21 heavy (non-hydrogen) atoms. The molecule has 0 aliphatic carbocycles. The van der Waals surface area contributed by atoms with E-state index in [9.17, 15) is 0 Å². The smallest absolute Gasteiger partial charge is 0.0587 e. The average Bonchev–Trinajstić information content (AvgIpc) is 2.50. The molecule has 0 saturated heterocycles. The van der Waals surface area contributed by atoms with Crippen molar-refractivity contribution in [2.24, 2.45) is 5.92 Å². The van der Waals surface area contributed by atoms with Crippen LogP contribution in [0.15, 0.2) is 30.3 Å². The van der Waals surface area contributed by atoms with Gasteiger partial charge in [-0.25, -0.2) is 0 Å². The largest absolute Gasteiger partial charge is 0.383 e. The van der Waals surface area contributed by atoms with Gasteiger partial charge in [-0.3, -0.25) is 0 Å². The normalized spacial score (nSPS) is 14.3. The minimum atomic E-state index is 0.254. The molecule has 120 valence electrons. The first kappa shape index (κ1) is 18.2. The van der Waals surface area contributed by atoms with E-state index in [4.69, 9.17) is 4.74 Å². The van der Waals surface area contributed by atoms with Crippen molar-refractivity contribution < 1.29 is 4.74 Å². The zero-order valence-electron chi connectivity index (χ0n) is 14.3. The maximum Gasteiger partial charge on any atom is 0.0587 e. The standard InChI is InChI=1S/C19H33NO/c1-5-19(13-9-10-17(2)3,16-20-14-15-21-4)18-11-7-6-8-12-18/h6-8,11-12,17,20H,5,9-10,13-16H2,1-4H3. The molecule has 0 aliphatic heterocycles. The van der Waals surface area contributed by atoms with E-state index >= 15 is 0 Å². The van der Waals surface area contributed by atoms with Crippen LogP contribution in [-0.2, 0) is 10.2 Å². The number of hydrogen-bond donors (Lipinski definition) is 1. The Morgan fingerprint density at radius 3 is 2.48 bits per heavy atom. The molecule has 1 atom stereocenters. The summed E-state index contributed by atoms with van der Waals surface area (Å²) in [7, 11) is 1.76. The quantitative estimate of drug-likeness (QED) is 0.610. The van der Waals surface area contributed by atoms with E-state index in [1.807, 2.05) is 0 Å². The topological polar surface area (TPSA) is 21.3 Å². The molecular weight excluding hydrogens is 258 g/mol. The fraction of sp³-hybridized carbons (Fsp3) is 0.684. The van der Waals surface area contributed by atoms with Crippen LogP contribution in [0.2, 0.25) is 0 Å². The second kappa shape index (κ2) is 9.97. The SMILES string of the molecule is CCC(CCCC(C)C)(CNCCOC)c1ccccc1. The van der Waals surface area contributed by atoms with Gasteiger partial charge in [-0.2, -0.15) is 0 Å². The Bertz CT molecular complexity index is 363. The lowest BCUT2D eigenvalue weighted by Gasteiger charge is -2.34. The van der Waals surface area contributed by atoms with Crippen LogP contribution < -0.4 is 5.32 Å². The molecule has 1 aromatic carbocycles. The third kappa shape index (κ3) is 6.19. The van der Waals surface area contributed by atoms with Crippen LogP contribution >= 0.6 is 0 Å². The fourth-order valence-electron chi connectivity index (χ4n) is 2.98. The molecule has 2 nitrogen and oxygen atoms in total. The second-order valence-electron chi connectivity index (χ2n) is 6.46. The lowest BCUT2D eigenvalue weighted by Crippen LogP contribution is -2.39. The monoisotopic (exact) mass is 291 g/mol. The van der Waals surface area contributed by atoms with Crippen LogP contribution in [0.4, 0.5) is 0 Å². The molecule has 1 unspecified atom stereocenters. The molecule has 1 N–H and O–H groups in total. The molecule has 2 heteroatoms. The van der Waals surface area contributed by atoms with Gasteiger partial charge < -0.3 is 10.1 Å². The molecule has 0 spiro atoms. The van der Waals surface area contributed by atoms with Crippen LogP contribution in [0.3, 0.4) is 0 Å². The zero-order valence-corrected chi connectivity index (χ0v) is 14.3. The van der Waals surface area contributed by atoms with Crippen LogP contribution in [0.1, 0.15) is 52.0 Å². The summed E-state index contributed by atoms with van der Waals surface area (Å²) in [6, 6.07) is 11.0. The number of rotatable bonds is 11. The Hall–Kier alpha value is -0.860. The van der Waals surface area contributed by atoms with Gasteiger partial charge in [-0.05, 0) is 24.3 Å². The van der Waals surface area contributed by atoms with Crippen molar-refractivity contribution in [1.29, 1.82) is 0 Å². The number of methoxy groups -OCH3 is 1. The van der Waals surface area contributed by atoms with Gasteiger partial charge in [0.15, 0.2) is 0 Å². The summed E-state index contributed by atoms with van der Waals surface area (Å²) in [5.74, 6) is 0.789. The van der Waals surface area contributed by atoms with Crippen LogP contribution in [0.5, 0.6) is 0 Å². The second-order valence-corrected chi connectivity index (χ2v) is 6.46. The molecule has 1 aromatic rings. The predicted molar refractivity (Wildman–Crippen MR) is 91.8 cm³/mol. The maximum atomic E-state index is 5.15. The maximum absolute atomic E-state index is 5.15. The van der Waals surface area contributed by atoms with E-state index in [1.54, 1.807) is 7.11 Å². The minimum Gasteiger partial charge on any atom is -0.383 e. The highest BCUT2D eigenvalue weighted by Crippen LogP contribution is 2.33. The van der Waals surface area contributed by atoms with Crippen molar-refractivity contribution in [1.82, 2.24) is 5.32 Å². The highest BCUT2D eigenvalue weighted by molar-refractivity contribution is 5.26. The Kier molecular flexibility index (Phi) is 8.63. The Morgan fingerprint density at radius 2 is 1.90 bits per heavy atom. The number of nitrogens with one attached hydrogen (secondary N) is 1. The number of benzene rings is 1. The summed E-state index contributed by atoms with van der Waals surface area (Å²) in [4.78, 5) is 0. The molecule has 0 aliphatic rings. The summed E-state index contributed by atoms with van der Waals surface area (Å²) < 4.78 is 5.15. The summed E-state index contributed by atoms with van der Waals surface area (Å²) >= 11 is 0. The molecular formula is C19H33NO. The Morgan fingerprint density at radius 1 is 1.19 bits per heavy atom. The first-order valence-corrected chi connectivity index (χ1v) is 8.40. The molecule has 0 bridgehead atoms. The van der Waals surface area contributed by atoms with E-state index in [0.717, 1.165) is 25.6 Å². The van der Waals surface area contributed by atoms with Gasteiger partial charge in [0.1, 0.15) is 0 Å². The van der Waals surface area contributed by atoms with Gasteiger partial charge in [0.2, 0.25) is 0 Å². The van der Waals surface area contributed by atoms with Crippen LogP contribution in [0, 0.1) is 5.92 Å². The van der Waals surface area contributed by atoms with Gasteiger partial charge in [0.25, 0.3) is 0 Å². The van der Waals surface area contributed by atoms with Crippen molar-refractivity contribution in [3.63, 3.8) is 0 Å². The minimum absolute atomic E-state index is 0.254. The summed E-state index contributed by atoms with van der Waals surface area (Å²) in [5, 5.41) is 3.59. The molecule has 0 amide bonds. The van der Waals surface area contributed by atoms with Crippen LogP contribution in [0.25, 0.3) is 0 Å². The first-order valence-electron chi connectivity index (χ1n) is 8.40. The van der Waals surface area contributed by atoms with E-state index in [0.29, 0.717) is 0 Å². The Labute approximate surface area is 131 Å². The highest BCUT2D eigenvalue weighted by atomic mass is 16.5. The predicted octanol–water partition coefficient (Wildman–Crippen LogP) is 4.40. The van der Waals surface area contributed by atoms with Gasteiger partial charge in [0, 0.05) is 25.6 Å².